The van der Waals surface area contributed by atoms with Gasteiger partial charge in [-0.15, -0.1) is 0 Å². The number of carbonyl (C=O) groups is 1. The molecular weight excluding hydrogens is 349 g/mol. The van der Waals surface area contributed by atoms with E-state index in [0.29, 0.717) is 37.3 Å². The van der Waals surface area contributed by atoms with Gasteiger partial charge in [0.25, 0.3) is 0 Å². The fourth-order valence-electron chi connectivity index (χ4n) is 3.06. The van der Waals surface area contributed by atoms with E-state index in [0.717, 1.165) is 25.1 Å². The van der Waals surface area contributed by atoms with Gasteiger partial charge in [0.05, 0.1) is 6.54 Å². The summed E-state index contributed by atoms with van der Waals surface area (Å²) in [5.74, 6) is 1.31. The van der Waals surface area contributed by atoms with E-state index in [9.17, 15) is 9.18 Å². The highest BCUT2D eigenvalue weighted by molar-refractivity contribution is 5.74. The largest absolute Gasteiger partial charge is 0.339 e. The Morgan fingerprint density at radius 3 is 2.78 bits per heavy atom. The highest BCUT2D eigenvalue weighted by Crippen LogP contribution is 2.10. The Morgan fingerprint density at radius 1 is 1.30 bits per heavy atom. The molecule has 2 amide bonds. The summed E-state index contributed by atoms with van der Waals surface area (Å²) in [6.07, 6.45) is 0.730. The molecule has 8 heteroatoms. The van der Waals surface area contributed by atoms with E-state index in [1.165, 1.54) is 6.07 Å². The van der Waals surface area contributed by atoms with Crippen molar-refractivity contribution >= 4 is 6.03 Å². The first-order valence-electron chi connectivity index (χ1n) is 9.30. The molecule has 2 aromatic rings. The van der Waals surface area contributed by atoms with Crippen molar-refractivity contribution in [3.63, 3.8) is 0 Å². The van der Waals surface area contributed by atoms with Crippen molar-refractivity contribution in [3.8, 4) is 0 Å². The van der Waals surface area contributed by atoms with E-state index in [1.807, 2.05) is 6.07 Å². The lowest BCUT2D eigenvalue weighted by molar-refractivity contribution is 0.135. The Bertz CT molecular complexity index is 756. The SMILES string of the molecule is CC(C)Cc1nc(CNC(=O)N2CCN(Cc3cccc(F)c3)CC2)no1. The minimum Gasteiger partial charge on any atom is -0.339 e. The molecule has 0 atom stereocenters. The minimum atomic E-state index is -0.219. The van der Waals surface area contributed by atoms with Crippen molar-refractivity contribution in [1.82, 2.24) is 25.3 Å². The van der Waals surface area contributed by atoms with E-state index in [4.69, 9.17) is 4.52 Å². The number of benzene rings is 1. The summed E-state index contributed by atoms with van der Waals surface area (Å²) < 4.78 is 18.5. The summed E-state index contributed by atoms with van der Waals surface area (Å²) in [5, 5.41) is 6.74. The van der Waals surface area contributed by atoms with E-state index < -0.39 is 0 Å². The predicted molar refractivity (Wildman–Crippen MR) is 98.3 cm³/mol. The van der Waals surface area contributed by atoms with Crippen LogP contribution in [-0.2, 0) is 19.5 Å². The number of rotatable bonds is 6. The van der Waals surface area contributed by atoms with E-state index in [-0.39, 0.29) is 18.4 Å². The zero-order valence-electron chi connectivity index (χ0n) is 15.8. The molecule has 0 unspecified atom stereocenters. The van der Waals surface area contributed by atoms with Crippen LogP contribution in [-0.4, -0.2) is 52.2 Å². The van der Waals surface area contributed by atoms with Crippen LogP contribution in [0.25, 0.3) is 0 Å². The van der Waals surface area contributed by atoms with Crippen molar-refractivity contribution < 1.29 is 13.7 Å². The zero-order chi connectivity index (χ0) is 19.2. The number of halogens is 1. The molecule has 1 N–H and O–H groups in total. The summed E-state index contributed by atoms with van der Waals surface area (Å²) >= 11 is 0. The van der Waals surface area contributed by atoms with Crippen LogP contribution in [0.1, 0.15) is 31.1 Å². The fourth-order valence-corrected chi connectivity index (χ4v) is 3.06. The molecule has 27 heavy (non-hydrogen) atoms. The normalized spacial score (nSPS) is 15.3. The molecule has 0 aliphatic carbocycles. The molecule has 1 aliphatic rings. The molecule has 1 saturated heterocycles. The summed E-state index contributed by atoms with van der Waals surface area (Å²) in [6.45, 7) is 7.88. The maximum Gasteiger partial charge on any atom is 0.317 e. The summed E-state index contributed by atoms with van der Waals surface area (Å²) in [6, 6.07) is 6.51. The number of urea groups is 1. The van der Waals surface area contributed by atoms with Gasteiger partial charge in [0.15, 0.2) is 5.82 Å². The van der Waals surface area contributed by atoms with Crippen LogP contribution in [0.3, 0.4) is 0 Å². The third-order valence-corrected chi connectivity index (χ3v) is 4.45. The number of amides is 2. The number of piperazine rings is 1. The first-order valence-corrected chi connectivity index (χ1v) is 9.30. The van der Waals surface area contributed by atoms with Crippen LogP contribution >= 0.6 is 0 Å². The van der Waals surface area contributed by atoms with Gasteiger partial charge in [0.1, 0.15) is 5.82 Å². The zero-order valence-corrected chi connectivity index (χ0v) is 15.8. The molecular formula is C19H26FN5O2. The quantitative estimate of drug-likeness (QED) is 0.839. The Balaban J connectivity index is 1.41. The van der Waals surface area contributed by atoms with Gasteiger partial charge in [-0.05, 0) is 23.6 Å². The highest BCUT2D eigenvalue weighted by Gasteiger charge is 2.21. The number of aromatic nitrogens is 2. The van der Waals surface area contributed by atoms with Crippen LogP contribution in [0.15, 0.2) is 28.8 Å². The molecule has 1 fully saturated rings. The van der Waals surface area contributed by atoms with Crippen molar-refractivity contribution in [2.45, 2.75) is 33.4 Å². The van der Waals surface area contributed by atoms with Crippen molar-refractivity contribution in [2.75, 3.05) is 26.2 Å². The summed E-state index contributed by atoms with van der Waals surface area (Å²) in [5.41, 5.74) is 0.946. The number of carbonyl (C=O) groups excluding carboxylic acids is 1. The molecule has 146 valence electrons. The van der Waals surface area contributed by atoms with Crippen molar-refractivity contribution in [3.05, 3.63) is 47.4 Å². The lowest BCUT2D eigenvalue weighted by atomic mass is 10.1. The highest BCUT2D eigenvalue weighted by atomic mass is 19.1. The molecule has 0 bridgehead atoms. The molecule has 0 saturated carbocycles. The Morgan fingerprint density at radius 2 is 2.07 bits per heavy atom. The Labute approximate surface area is 158 Å². The molecule has 2 heterocycles. The Kier molecular flexibility index (Phi) is 6.39. The van der Waals surface area contributed by atoms with E-state index >= 15 is 0 Å². The lowest BCUT2D eigenvalue weighted by Gasteiger charge is -2.34. The number of nitrogens with one attached hydrogen (secondary N) is 1. The van der Waals surface area contributed by atoms with Gasteiger partial charge in [-0.25, -0.2) is 9.18 Å². The maximum absolute atomic E-state index is 13.3. The smallest absolute Gasteiger partial charge is 0.317 e. The van der Waals surface area contributed by atoms with Gasteiger partial charge in [0, 0.05) is 39.1 Å². The van der Waals surface area contributed by atoms with Crippen LogP contribution in [0.2, 0.25) is 0 Å². The molecule has 0 spiro atoms. The number of hydrogen-bond donors (Lipinski definition) is 1. The van der Waals surface area contributed by atoms with Gasteiger partial charge in [0.2, 0.25) is 5.89 Å². The second kappa shape index (κ2) is 8.94. The molecule has 3 rings (SSSR count). The van der Waals surface area contributed by atoms with Crippen LogP contribution < -0.4 is 5.32 Å². The standard InChI is InChI=1S/C19H26FN5O2/c1-14(2)10-18-22-17(23-27-18)12-21-19(26)25-8-6-24(7-9-25)13-15-4-3-5-16(20)11-15/h3-5,11,14H,6-10,12-13H2,1-2H3,(H,21,26). The van der Waals surface area contributed by atoms with Crippen LogP contribution in [0.4, 0.5) is 9.18 Å². The second-order valence-electron chi connectivity index (χ2n) is 7.25. The maximum atomic E-state index is 13.3. The predicted octanol–water partition coefficient (Wildman–Crippen LogP) is 2.43. The first-order chi connectivity index (χ1) is 13.0. The van der Waals surface area contributed by atoms with Crippen molar-refractivity contribution in [2.24, 2.45) is 5.92 Å². The molecule has 1 aromatic heterocycles. The molecule has 7 nitrogen and oxygen atoms in total. The van der Waals surface area contributed by atoms with Gasteiger partial charge >= 0.3 is 6.03 Å². The number of nitrogens with zero attached hydrogens (tertiary/aromatic N) is 4. The van der Waals surface area contributed by atoms with E-state index in [2.05, 4.69) is 34.2 Å². The third-order valence-electron chi connectivity index (χ3n) is 4.45. The average Bonchev–Trinajstić information content (AvgIpc) is 3.07. The first kappa shape index (κ1) is 19.3. The monoisotopic (exact) mass is 375 g/mol. The number of hydrogen-bond acceptors (Lipinski definition) is 5. The van der Waals surface area contributed by atoms with Gasteiger partial charge in [-0.1, -0.05) is 31.1 Å². The second-order valence-corrected chi connectivity index (χ2v) is 7.25. The Hall–Kier alpha value is -2.48. The van der Waals surface area contributed by atoms with Crippen molar-refractivity contribution in [1.29, 1.82) is 0 Å². The average molecular weight is 375 g/mol. The van der Waals surface area contributed by atoms with Crippen LogP contribution in [0, 0.1) is 11.7 Å². The van der Waals surface area contributed by atoms with Gasteiger partial charge < -0.3 is 14.7 Å². The van der Waals surface area contributed by atoms with E-state index in [1.54, 1.807) is 17.0 Å². The minimum absolute atomic E-state index is 0.129. The topological polar surface area (TPSA) is 74.5 Å². The van der Waals surface area contributed by atoms with Gasteiger partial charge in [-0.2, -0.15) is 4.98 Å². The summed E-state index contributed by atoms with van der Waals surface area (Å²) in [7, 11) is 0. The lowest BCUT2D eigenvalue weighted by Crippen LogP contribution is -2.51. The summed E-state index contributed by atoms with van der Waals surface area (Å²) in [4.78, 5) is 20.6. The van der Waals surface area contributed by atoms with Crippen LogP contribution in [0.5, 0.6) is 0 Å². The molecule has 1 aromatic carbocycles. The molecule has 1 aliphatic heterocycles. The third kappa shape index (κ3) is 5.75. The van der Waals surface area contributed by atoms with Gasteiger partial charge in [-0.3, -0.25) is 4.90 Å². The molecule has 0 radical (unpaired) electrons. The fraction of sp³-hybridized carbons (Fsp3) is 0.526.